The Kier molecular flexibility index (Phi) is 6.61. The average molecular weight is 606 g/mol. The highest BCUT2D eigenvalue weighted by Crippen LogP contribution is 2.46. The first-order chi connectivity index (χ1) is 20.2. The Bertz CT molecular complexity index is 1820. The molecule has 0 bridgehead atoms. The molecule has 42 heavy (non-hydrogen) atoms. The standard InChI is InChI=1S/C31H32FN5O3S2/c1-30(19-22(32)5-8-26(30)21-3-6-23(7-4-21)36-17-14-33-15-18-36)42(39,40)37-16-10-25-24(9-13-34-28(25)37)27-20-35-29(41-27)31(38)11-2-12-31/h3-10,13,16,19-20,26,33,38H,2,11-12,14-15,17-18H2,1H3. The van der Waals surface area contributed by atoms with E-state index in [1.165, 1.54) is 33.7 Å². The van der Waals surface area contributed by atoms with Gasteiger partial charge in [0.15, 0.2) is 5.65 Å². The van der Waals surface area contributed by atoms with Crippen molar-refractivity contribution >= 4 is 38.1 Å². The van der Waals surface area contributed by atoms with Crippen LogP contribution in [-0.2, 0) is 15.6 Å². The zero-order valence-corrected chi connectivity index (χ0v) is 24.8. The predicted molar refractivity (Wildman–Crippen MR) is 164 cm³/mol. The number of hydrogen-bond donors (Lipinski definition) is 2. The van der Waals surface area contributed by atoms with E-state index in [1.54, 1.807) is 31.5 Å². The Morgan fingerprint density at radius 1 is 1.10 bits per heavy atom. The topological polar surface area (TPSA) is 100 Å². The number of aliphatic hydroxyl groups is 1. The Balaban J connectivity index is 1.26. The largest absolute Gasteiger partial charge is 0.383 e. The van der Waals surface area contributed by atoms with Crippen molar-refractivity contribution in [2.45, 2.75) is 42.5 Å². The average Bonchev–Trinajstić information content (AvgIpc) is 3.65. The normalized spacial score (nSPS) is 24.0. The molecule has 11 heteroatoms. The molecule has 3 aliphatic rings. The zero-order valence-electron chi connectivity index (χ0n) is 23.2. The van der Waals surface area contributed by atoms with Crippen LogP contribution in [0.1, 0.15) is 42.7 Å². The Hall–Kier alpha value is -3.38. The summed E-state index contributed by atoms with van der Waals surface area (Å²) in [6.45, 7) is 5.22. The third kappa shape index (κ3) is 4.33. The Morgan fingerprint density at radius 3 is 2.57 bits per heavy atom. The summed E-state index contributed by atoms with van der Waals surface area (Å²) in [6, 6.07) is 11.5. The second-order valence-electron chi connectivity index (χ2n) is 11.5. The van der Waals surface area contributed by atoms with Crippen LogP contribution in [0.3, 0.4) is 0 Å². The van der Waals surface area contributed by atoms with E-state index in [9.17, 15) is 17.9 Å². The molecule has 4 heterocycles. The van der Waals surface area contributed by atoms with Gasteiger partial charge in [-0.2, -0.15) is 0 Å². The van der Waals surface area contributed by atoms with Crippen molar-refractivity contribution in [3.05, 3.63) is 89.6 Å². The van der Waals surface area contributed by atoms with Gasteiger partial charge >= 0.3 is 0 Å². The minimum Gasteiger partial charge on any atom is -0.383 e. The summed E-state index contributed by atoms with van der Waals surface area (Å²) in [5.74, 6) is -1.21. The highest BCUT2D eigenvalue weighted by atomic mass is 32.2. The van der Waals surface area contributed by atoms with E-state index in [1.807, 2.05) is 30.3 Å². The summed E-state index contributed by atoms with van der Waals surface area (Å²) in [5, 5.41) is 15.4. The molecule has 1 saturated heterocycles. The van der Waals surface area contributed by atoms with Gasteiger partial charge in [0.1, 0.15) is 21.2 Å². The fourth-order valence-electron chi connectivity index (χ4n) is 6.26. The molecule has 0 spiro atoms. The molecule has 4 aromatic rings. The van der Waals surface area contributed by atoms with Crippen molar-refractivity contribution in [3.63, 3.8) is 0 Å². The van der Waals surface area contributed by atoms with Gasteiger partial charge in [-0.05, 0) is 68.2 Å². The number of benzene rings is 1. The number of fused-ring (bicyclic) bond motifs is 1. The molecule has 3 aromatic heterocycles. The number of nitrogens with one attached hydrogen (secondary N) is 1. The van der Waals surface area contributed by atoms with Crippen LogP contribution in [0.4, 0.5) is 10.1 Å². The molecule has 2 atom stereocenters. The van der Waals surface area contributed by atoms with Gasteiger partial charge in [0.25, 0.3) is 0 Å². The van der Waals surface area contributed by atoms with Crippen LogP contribution in [0.15, 0.2) is 79.0 Å². The lowest BCUT2D eigenvalue weighted by Gasteiger charge is -2.36. The molecule has 2 aliphatic carbocycles. The Morgan fingerprint density at radius 2 is 1.86 bits per heavy atom. The van der Waals surface area contributed by atoms with Gasteiger partial charge in [-0.1, -0.05) is 18.2 Å². The third-order valence-corrected chi connectivity index (χ3v) is 12.5. The molecule has 218 valence electrons. The number of allylic oxidation sites excluding steroid dienone is 3. The minimum absolute atomic E-state index is 0.266. The number of nitrogens with zero attached hydrogens (tertiary/aromatic N) is 4. The number of hydrogen-bond acceptors (Lipinski definition) is 8. The predicted octanol–water partition coefficient (Wildman–Crippen LogP) is 5.08. The van der Waals surface area contributed by atoms with Gasteiger partial charge in [0.2, 0.25) is 10.0 Å². The quantitative estimate of drug-likeness (QED) is 0.316. The van der Waals surface area contributed by atoms with Crippen molar-refractivity contribution < 1.29 is 17.9 Å². The molecule has 1 saturated carbocycles. The van der Waals surface area contributed by atoms with E-state index in [4.69, 9.17) is 0 Å². The van der Waals surface area contributed by atoms with Crippen molar-refractivity contribution in [1.82, 2.24) is 19.3 Å². The van der Waals surface area contributed by atoms with Crippen molar-refractivity contribution in [2.24, 2.45) is 0 Å². The maximum Gasteiger partial charge on any atom is 0.250 e. The smallest absolute Gasteiger partial charge is 0.250 e. The van der Waals surface area contributed by atoms with Crippen LogP contribution in [0.25, 0.3) is 21.5 Å². The number of pyridine rings is 1. The van der Waals surface area contributed by atoms with Crippen LogP contribution in [0, 0.1) is 0 Å². The molecule has 2 N–H and O–H groups in total. The summed E-state index contributed by atoms with van der Waals surface area (Å²) in [5.41, 5.74) is 2.05. The number of aromatic nitrogens is 3. The minimum atomic E-state index is -4.20. The molecule has 0 radical (unpaired) electrons. The highest BCUT2D eigenvalue weighted by Gasteiger charge is 2.48. The lowest BCUT2D eigenvalue weighted by Crippen LogP contribution is -2.44. The van der Waals surface area contributed by atoms with E-state index >= 15 is 0 Å². The van der Waals surface area contributed by atoms with Crippen molar-refractivity contribution in [1.29, 1.82) is 0 Å². The van der Waals surface area contributed by atoms with E-state index in [0.717, 1.165) is 54.3 Å². The van der Waals surface area contributed by atoms with Crippen LogP contribution < -0.4 is 10.2 Å². The van der Waals surface area contributed by atoms with Gasteiger partial charge in [-0.15, -0.1) is 11.3 Å². The monoisotopic (exact) mass is 605 g/mol. The SMILES string of the molecule is CC1(S(=O)(=O)n2ccc3c(-c4cnc(C5(O)CCC5)s4)ccnc32)C=C(F)C=CC1c1ccc(N2CCNCC2)cc1. The van der Waals surface area contributed by atoms with Crippen LogP contribution in [0.2, 0.25) is 0 Å². The van der Waals surface area contributed by atoms with Crippen LogP contribution >= 0.6 is 11.3 Å². The lowest BCUT2D eigenvalue weighted by molar-refractivity contribution is -0.0389. The van der Waals surface area contributed by atoms with E-state index in [-0.39, 0.29) is 5.65 Å². The fourth-order valence-corrected chi connectivity index (χ4v) is 9.17. The molecular weight excluding hydrogens is 574 g/mol. The second kappa shape index (κ2) is 10.1. The molecule has 2 fully saturated rings. The van der Waals surface area contributed by atoms with E-state index in [0.29, 0.717) is 23.2 Å². The number of thiazole rings is 1. The zero-order chi connectivity index (χ0) is 29.1. The van der Waals surface area contributed by atoms with Crippen molar-refractivity contribution in [3.8, 4) is 10.4 Å². The first-order valence-corrected chi connectivity index (χ1v) is 16.5. The maximum absolute atomic E-state index is 14.8. The van der Waals surface area contributed by atoms with Crippen molar-refractivity contribution in [2.75, 3.05) is 31.1 Å². The maximum atomic E-state index is 14.8. The fraction of sp³-hybridized carbons (Fsp3) is 0.355. The molecule has 7 rings (SSSR count). The van der Waals surface area contributed by atoms with Gasteiger partial charge in [-0.3, -0.25) is 0 Å². The van der Waals surface area contributed by atoms with E-state index in [2.05, 4.69) is 20.2 Å². The number of piperazine rings is 1. The lowest BCUT2D eigenvalue weighted by atomic mass is 9.81. The summed E-state index contributed by atoms with van der Waals surface area (Å²) in [4.78, 5) is 12.1. The first kappa shape index (κ1) is 27.5. The first-order valence-electron chi connectivity index (χ1n) is 14.2. The van der Waals surface area contributed by atoms with Gasteiger partial charge < -0.3 is 15.3 Å². The number of halogens is 1. The van der Waals surface area contributed by atoms with Gasteiger partial charge in [0.05, 0.1) is 4.88 Å². The second-order valence-corrected chi connectivity index (χ2v) is 14.8. The molecule has 1 aromatic carbocycles. The summed E-state index contributed by atoms with van der Waals surface area (Å²) in [7, 11) is -4.20. The summed E-state index contributed by atoms with van der Waals surface area (Å²) < 4.78 is 43.3. The van der Waals surface area contributed by atoms with Crippen LogP contribution in [0.5, 0.6) is 0 Å². The van der Waals surface area contributed by atoms with E-state index < -0.39 is 32.1 Å². The summed E-state index contributed by atoms with van der Waals surface area (Å²) >= 11 is 1.41. The number of anilines is 1. The molecule has 0 amide bonds. The Labute approximate surface area is 248 Å². The number of rotatable bonds is 6. The molecule has 1 aliphatic heterocycles. The molecule has 8 nitrogen and oxygen atoms in total. The summed E-state index contributed by atoms with van der Waals surface area (Å²) in [6.07, 6.45) is 11.3. The highest BCUT2D eigenvalue weighted by molar-refractivity contribution is 7.91. The van der Waals surface area contributed by atoms with Gasteiger partial charge in [0, 0.05) is 67.3 Å². The van der Waals surface area contributed by atoms with Crippen LogP contribution in [-0.4, -0.2) is 58.4 Å². The third-order valence-electron chi connectivity index (χ3n) is 8.94. The molecular formula is C31H32FN5O3S2. The van der Waals surface area contributed by atoms with Gasteiger partial charge in [-0.25, -0.2) is 26.7 Å². The molecule has 2 unspecified atom stereocenters.